The van der Waals surface area contributed by atoms with E-state index in [9.17, 15) is 4.79 Å². The van der Waals surface area contributed by atoms with Crippen molar-refractivity contribution < 1.29 is 18.8 Å². The number of fused-ring (bicyclic) bond motifs is 1. The zero-order valence-corrected chi connectivity index (χ0v) is 19.1. The van der Waals surface area contributed by atoms with Gasteiger partial charge >= 0.3 is 0 Å². The fourth-order valence-corrected chi connectivity index (χ4v) is 4.83. The third kappa shape index (κ3) is 4.67. The summed E-state index contributed by atoms with van der Waals surface area (Å²) in [6.45, 7) is 4.02. The molecule has 0 aliphatic carbocycles. The molecule has 31 heavy (non-hydrogen) atoms. The minimum absolute atomic E-state index is 0.0797. The van der Waals surface area contributed by atoms with Gasteiger partial charge in [0.25, 0.3) is 5.91 Å². The van der Waals surface area contributed by atoms with E-state index < -0.39 is 0 Å². The number of methoxy groups -OCH3 is 1. The van der Waals surface area contributed by atoms with Gasteiger partial charge in [-0.25, -0.2) is 0 Å². The van der Waals surface area contributed by atoms with Crippen LogP contribution in [0, 0.1) is 13.8 Å². The molecule has 1 amide bonds. The van der Waals surface area contributed by atoms with Crippen LogP contribution < -0.4 is 14.8 Å². The van der Waals surface area contributed by atoms with Gasteiger partial charge in [-0.3, -0.25) is 4.79 Å². The number of halogens is 1. The zero-order chi connectivity index (χ0) is 22.0. The van der Waals surface area contributed by atoms with Crippen molar-refractivity contribution in [2.75, 3.05) is 12.9 Å². The zero-order valence-electron chi connectivity index (χ0n) is 17.5. The van der Waals surface area contributed by atoms with E-state index in [-0.39, 0.29) is 11.9 Å². The highest BCUT2D eigenvalue weighted by Crippen LogP contribution is 2.38. The summed E-state index contributed by atoms with van der Waals surface area (Å²) >= 11 is 7.96. The first-order chi connectivity index (χ1) is 15.0. The molecule has 162 valence electrons. The Hall–Kier alpha value is -2.64. The second kappa shape index (κ2) is 9.24. The van der Waals surface area contributed by atoms with Crippen molar-refractivity contribution >= 4 is 29.3 Å². The summed E-state index contributed by atoms with van der Waals surface area (Å²) < 4.78 is 16.5. The smallest absolute Gasteiger partial charge is 0.251 e. The van der Waals surface area contributed by atoms with Crippen LogP contribution in [-0.2, 0) is 6.61 Å². The van der Waals surface area contributed by atoms with E-state index in [1.165, 1.54) is 0 Å². The summed E-state index contributed by atoms with van der Waals surface area (Å²) in [7, 11) is 1.55. The van der Waals surface area contributed by atoms with Crippen LogP contribution in [0.15, 0.2) is 45.8 Å². The second-order valence-corrected chi connectivity index (χ2v) is 8.88. The Morgan fingerprint density at radius 2 is 2.10 bits per heavy atom. The first kappa shape index (κ1) is 21.6. The number of benzene rings is 2. The highest BCUT2D eigenvalue weighted by Gasteiger charge is 2.24. The highest BCUT2D eigenvalue weighted by atomic mass is 35.5. The van der Waals surface area contributed by atoms with Gasteiger partial charge < -0.3 is 19.3 Å². The largest absolute Gasteiger partial charge is 0.493 e. The molecule has 0 fully saturated rings. The SMILES string of the molecule is COc1cc(C(=O)NC2CCSc3ccc(Cl)cc32)ccc1OCc1c(C)noc1C. The molecule has 0 saturated carbocycles. The minimum atomic E-state index is -0.168. The van der Waals surface area contributed by atoms with Crippen molar-refractivity contribution in [3.63, 3.8) is 0 Å². The summed E-state index contributed by atoms with van der Waals surface area (Å²) in [4.78, 5) is 14.1. The van der Waals surface area contributed by atoms with Gasteiger partial charge in [0.05, 0.1) is 24.4 Å². The normalized spacial score (nSPS) is 15.3. The molecule has 0 spiro atoms. The lowest BCUT2D eigenvalue weighted by Gasteiger charge is -2.26. The lowest BCUT2D eigenvalue weighted by atomic mass is 10.0. The molecule has 0 radical (unpaired) electrons. The number of aryl methyl sites for hydroxylation is 2. The minimum Gasteiger partial charge on any atom is -0.493 e. The van der Waals surface area contributed by atoms with Crippen LogP contribution in [0.3, 0.4) is 0 Å². The van der Waals surface area contributed by atoms with Gasteiger partial charge in [0, 0.05) is 21.2 Å². The van der Waals surface area contributed by atoms with E-state index in [1.54, 1.807) is 37.1 Å². The van der Waals surface area contributed by atoms with Crippen LogP contribution >= 0.6 is 23.4 Å². The van der Waals surface area contributed by atoms with Crippen LogP contribution in [0.5, 0.6) is 11.5 Å². The molecule has 8 heteroatoms. The quantitative estimate of drug-likeness (QED) is 0.525. The Morgan fingerprint density at radius 1 is 1.26 bits per heavy atom. The van der Waals surface area contributed by atoms with Crippen LogP contribution in [0.4, 0.5) is 0 Å². The highest BCUT2D eigenvalue weighted by molar-refractivity contribution is 7.99. The van der Waals surface area contributed by atoms with Crippen LogP contribution in [0.1, 0.15) is 45.4 Å². The summed E-state index contributed by atoms with van der Waals surface area (Å²) in [5.41, 5.74) is 3.25. The summed E-state index contributed by atoms with van der Waals surface area (Å²) in [6, 6.07) is 10.9. The third-order valence-electron chi connectivity index (χ3n) is 5.30. The average Bonchev–Trinajstić information content (AvgIpc) is 3.09. The van der Waals surface area contributed by atoms with E-state index in [1.807, 2.05) is 32.0 Å². The molecule has 1 aliphatic heterocycles. The molecule has 2 aromatic carbocycles. The van der Waals surface area contributed by atoms with Crippen molar-refractivity contribution in [2.24, 2.45) is 0 Å². The number of hydrogen-bond acceptors (Lipinski definition) is 6. The molecule has 1 unspecified atom stereocenters. The van der Waals surface area contributed by atoms with Crippen molar-refractivity contribution in [3.8, 4) is 11.5 Å². The van der Waals surface area contributed by atoms with Gasteiger partial charge in [-0.15, -0.1) is 11.8 Å². The number of hydrogen-bond donors (Lipinski definition) is 1. The average molecular weight is 459 g/mol. The lowest BCUT2D eigenvalue weighted by Crippen LogP contribution is -2.30. The van der Waals surface area contributed by atoms with Crippen LogP contribution in [-0.4, -0.2) is 23.9 Å². The molecule has 3 aromatic rings. The van der Waals surface area contributed by atoms with Crippen LogP contribution in [0.2, 0.25) is 5.02 Å². The van der Waals surface area contributed by atoms with Crippen LogP contribution in [0.25, 0.3) is 0 Å². The number of nitrogens with zero attached hydrogens (tertiary/aromatic N) is 1. The Labute approximate surface area is 190 Å². The summed E-state index contributed by atoms with van der Waals surface area (Å²) in [5, 5.41) is 7.74. The molecule has 1 N–H and O–H groups in total. The Bertz CT molecular complexity index is 1100. The first-order valence-corrected chi connectivity index (χ1v) is 11.3. The molecule has 2 heterocycles. The lowest BCUT2D eigenvalue weighted by molar-refractivity contribution is 0.0934. The maximum absolute atomic E-state index is 13.0. The van der Waals surface area contributed by atoms with Gasteiger partial charge in [0.1, 0.15) is 12.4 Å². The van der Waals surface area contributed by atoms with Crippen molar-refractivity contribution in [3.05, 3.63) is 69.6 Å². The molecule has 0 saturated heterocycles. The van der Waals surface area contributed by atoms with Crippen molar-refractivity contribution in [1.82, 2.24) is 10.5 Å². The molecule has 1 aromatic heterocycles. The van der Waals surface area contributed by atoms with E-state index in [2.05, 4.69) is 10.5 Å². The topological polar surface area (TPSA) is 73.6 Å². The van der Waals surface area contributed by atoms with E-state index in [4.69, 9.17) is 25.6 Å². The maximum atomic E-state index is 13.0. The molecule has 1 atom stereocenters. The number of rotatable bonds is 6. The van der Waals surface area contributed by atoms with Crippen molar-refractivity contribution in [1.29, 1.82) is 0 Å². The fraction of sp³-hybridized carbons (Fsp3) is 0.304. The standard InChI is InChI=1S/C23H23ClN2O4S/c1-13-18(14(2)30-26-13)12-29-20-6-4-15(10-21(20)28-3)23(27)25-19-8-9-31-22-7-5-16(24)11-17(19)22/h4-7,10-11,19H,8-9,12H2,1-3H3,(H,25,27). The second-order valence-electron chi connectivity index (χ2n) is 7.30. The number of aromatic nitrogens is 1. The molecular weight excluding hydrogens is 436 g/mol. The van der Waals surface area contributed by atoms with Gasteiger partial charge in [0.2, 0.25) is 0 Å². The maximum Gasteiger partial charge on any atom is 0.251 e. The van der Waals surface area contributed by atoms with Gasteiger partial charge in [-0.05, 0) is 62.2 Å². The van der Waals surface area contributed by atoms with Gasteiger partial charge in [0.15, 0.2) is 11.5 Å². The first-order valence-electron chi connectivity index (χ1n) is 9.92. The van der Waals surface area contributed by atoms with Gasteiger partial charge in [-0.1, -0.05) is 16.8 Å². The number of carbonyl (C=O) groups is 1. The number of ether oxygens (including phenoxy) is 2. The Kier molecular flexibility index (Phi) is 6.43. The number of nitrogens with one attached hydrogen (secondary N) is 1. The predicted molar refractivity (Wildman–Crippen MR) is 120 cm³/mol. The number of amides is 1. The predicted octanol–water partition coefficient (Wildman–Crippen LogP) is 5.50. The molecule has 6 nitrogen and oxygen atoms in total. The van der Waals surface area contributed by atoms with E-state index in [0.29, 0.717) is 28.7 Å². The molecule has 1 aliphatic rings. The molecule has 0 bridgehead atoms. The molecular formula is C23H23ClN2O4S. The molecule has 4 rings (SSSR count). The number of thioether (sulfide) groups is 1. The van der Waals surface area contributed by atoms with Gasteiger partial charge in [-0.2, -0.15) is 0 Å². The van der Waals surface area contributed by atoms with E-state index >= 15 is 0 Å². The monoisotopic (exact) mass is 458 g/mol. The Balaban J connectivity index is 1.49. The Morgan fingerprint density at radius 3 is 2.84 bits per heavy atom. The summed E-state index contributed by atoms with van der Waals surface area (Å²) in [6.07, 6.45) is 0.847. The number of carbonyl (C=O) groups excluding carboxylic acids is 1. The van der Waals surface area contributed by atoms with E-state index in [0.717, 1.165) is 39.7 Å². The third-order valence-corrected chi connectivity index (χ3v) is 6.65. The van der Waals surface area contributed by atoms with Crippen molar-refractivity contribution in [2.45, 2.75) is 37.8 Å². The fourth-order valence-electron chi connectivity index (χ4n) is 3.54. The summed E-state index contributed by atoms with van der Waals surface area (Å²) in [5.74, 6) is 2.53.